The summed E-state index contributed by atoms with van der Waals surface area (Å²) in [6.07, 6.45) is 1.44. The number of hydrogen-bond donors (Lipinski definition) is 0. The van der Waals surface area contributed by atoms with Crippen LogP contribution in [0.3, 0.4) is 0 Å². The molecule has 0 unspecified atom stereocenters. The lowest BCUT2D eigenvalue weighted by Gasteiger charge is -2.21. The highest BCUT2D eigenvalue weighted by atomic mass is 16.2. The van der Waals surface area contributed by atoms with Gasteiger partial charge >= 0.3 is 0 Å². The maximum Gasteiger partial charge on any atom is 0.277 e. The lowest BCUT2D eigenvalue weighted by atomic mass is 10.1. The zero-order chi connectivity index (χ0) is 14.7. The molecule has 0 saturated heterocycles. The quantitative estimate of drug-likeness (QED) is 0.738. The third-order valence-electron chi connectivity index (χ3n) is 3.37. The molecule has 21 heavy (non-hydrogen) atoms. The van der Waals surface area contributed by atoms with Gasteiger partial charge in [0.2, 0.25) is 0 Å². The Hall–Kier alpha value is -2.75. The Morgan fingerprint density at radius 2 is 1.71 bits per heavy atom. The molecule has 104 valence electrons. The topological polar surface area (TPSA) is 46.1 Å². The van der Waals surface area contributed by atoms with E-state index in [4.69, 9.17) is 0 Å². The van der Waals surface area contributed by atoms with E-state index in [2.05, 4.69) is 9.97 Å². The Bertz CT molecular complexity index is 766. The maximum atomic E-state index is 12.8. The first-order valence-electron chi connectivity index (χ1n) is 6.88. The molecule has 0 fully saturated rings. The molecular weight excluding hydrogens is 262 g/mol. The van der Waals surface area contributed by atoms with Crippen molar-refractivity contribution in [3.63, 3.8) is 0 Å². The molecule has 0 atom stereocenters. The Labute approximate surface area is 123 Å². The van der Waals surface area contributed by atoms with Gasteiger partial charge in [0.05, 0.1) is 5.52 Å². The largest absolute Gasteiger partial charge is 0.307 e. The Balaban J connectivity index is 2.07. The van der Waals surface area contributed by atoms with Gasteiger partial charge in [-0.15, -0.1) is 0 Å². The van der Waals surface area contributed by atoms with Crippen molar-refractivity contribution in [1.29, 1.82) is 0 Å². The van der Waals surface area contributed by atoms with E-state index in [9.17, 15) is 4.79 Å². The molecule has 0 saturated carbocycles. The molecule has 0 aliphatic heterocycles. The fourth-order valence-corrected chi connectivity index (χ4v) is 2.35. The molecule has 4 nitrogen and oxygen atoms in total. The van der Waals surface area contributed by atoms with Crippen molar-refractivity contribution >= 4 is 22.5 Å². The average Bonchev–Trinajstić information content (AvgIpc) is 2.56. The van der Waals surface area contributed by atoms with Gasteiger partial charge in [0, 0.05) is 17.6 Å². The molecule has 0 aliphatic carbocycles. The molecular formula is C17H15N3O. The van der Waals surface area contributed by atoms with Gasteiger partial charge in [0.25, 0.3) is 5.91 Å². The summed E-state index contributed by atoms with van der Waals surface area (Å²) < 4.78 is 0. The number of fused-ring (bicyclic) bond motifs is 1. The van der Waals surface area contributed by atoms with E-state index in [-0.39, 0.29) is 5.91 Å². The summed E-state index contributed by atoms with van der Waals surface area (Å²) in [7, 11) is 0. The van der Waals surface area contributed by atoms with Crippen molar-refractivity contribution in [2.45, 2.75) is 6.92 Å². The zero-order valence-electron chi connectivity index (χ0n) is 11.7. The van der Waals surface area contributed by atoms with Gasteiger partial charge in [0.15, 0.2) is 0 Å². The van der Waals surface area contributed by atoms with Crippen molar-refractivity contribution < 1.29 is 4.79 Å². The number of carbonyl (C=O) groups is 1. The lowest BCUT2D eigenvalue weighted by molar-refractivity contribution is 0.0985. The van der Waals surface area contributed by atoms with Crippen LogP contribution in [0, 0.1) is 0 Å². The standard InChI is InChI=1S/C17H15N3O/c1-2-20(13-8-4-3-5-9-13)17(21)16-14-10-6-7-11-15(14)18-12-19-16/h3-12H,2H2,1H3. The lowest BCUT2D eigenvalue weighted by Crippen LogP contribution is -2.31. The monoisotopic (exact) mass is 277 g/mol. The molecule has 0 aliphatic rings. The highest BCUT2D eigenvalue weighted by molar-refractivity contribution is 6.11. The Morgan fingerprint density at radius 3 is 2.48 bits per heavy atom. The van der Waals surface area contributed by atoms with E-state index in [1.165, 1.54) is 6.33 Å². The summed E-state index contributed by atoms with van der Waals surface area (Å²) in [6.45, 7) is 2.54. The number of para-hydroxylation sites is 2. The van der Waals surface area contributed by atoms with E-state index >= 15 is 0 Å². The van der Waals surface area contributed by atoms with Crippen LogP contribution >= 0.6 is 0 Å². The Kier molecular flexibility index (Phi) is 3.60. The van der Waals surface area contributed by atoms with Crippen molar-refractivity contribution in [1.82, 2.24) is 9.97 Å². The second-order valence-electron chi connectivity index (χ2n) is 4.62. The van der Waals surface area contributed by atoms with Crippen molar-refractivity contribution in [2.75, 3.05) is 11.4 Å². The minimum Gasteiger partial charge on any atom is -0.307 e. The van der Waals surface area contributed by atoms with E-state index in [1.54, 1.807) is 4.90 Å². The van der Waals surface area contributed by atoms with Crippen molar-refractivity contribution in [2.24, 2.45) is 0 Å². The van der Waals surface area contributed by atoms with Crippen LogP contribution in [0.1, 0.15) is 17.4 Å². The molecule has 4 heteroatoms. The van der Waals surface area contributed by atoms with Gasteiger partial charge in [-0.3, -0.25) is 4.79 Å². The number of carbonyl (C=O) groups excluding carboxylic acids is 1. The molecule has 2 aromatic carbocycles. The summed E-state index contributed by atoms with van der Waals surface area (Å²) in [5.41, 5.74) is 2.08. The highest BCUT2D eigenvalue weighted by Crippen LogP contribution is 2.20. The van der Waals surface area contributed by atoms with Crippen LogP contribution in [-0.2, 0) is 0 Å². The summed E-state index contributed by atoms with van der Waals surface area (Å²) in [5.74, 6) is -0.109. The van der Waals surface area contributed by atoms with E-state index in [0.29, 0.717) is 12.2 Å². The molecule has 3 aromatic rings. The van der Waals surface area contributed by atoms with Gasteiger partial charge in [-0.25, -0.2) is 9.97 Å². The normalized spacial score (nSPS) is 10.5. The minimum atomic E-state index is -0.109. The molecule has 0 spiro atoms. The van der Waals surface area contributed by atoms with Crippen LogP contribution in [0.2, 0.25) is 0 Å². The molecule has 3 rings (SSSR count). The summed E-state index contributed by atoms with van der Waals surface area (Å²) in [5, 5.41) is 0.777. The fourth-order valence-electron chi connectivity index (χ4n) is 2.35. The van der Waals surface area contributed by atoms with Gasteiger partial charge < -0.3 is 4.90 Å². The van der Waals surface area contributed by atoms with Crippen LogP contribution in [0.25, 0.3) is 10.9 Å². The van der Waals surface area contributed by atoms with Crippen molar-refractivity contribution in [3.8, 4) is 0 Å². The van der Waals surface area contributed by atoms with E-state index in [1.807, 2.05) is 61.5 Å². The second-order valence-corrected chi connectivity index (χ2v) is 4.62. The van der Waals surface area contributed by atoms with Crippen molar-refractivity contribution in [3.05, 3.63) is 66.6 Å². The number of benzene rings is 2. The van der Waals surface area contributed by atoms with Crippen LogP contribution in [0.4, 0.5) is 5.69 Å². The molecule has 1 heterocycles. The molecule has 1 aromatic heterocycles. The summed E-state index contributed by atoms with van der Waals surface area (Å²) in [6, 6.07) is 17.2. The molecule has 0 radical (unpaired) electrons. The van der Waals surface area contributed by atoms with Crippen LogP contribution in [0.5, 0.6) is 0 Å². The number of anilines is 1. The number of hydrogen-bond acceptors (Lipinski definition) is 3. The Morgan fingerprint density at radius 1 is 1.00 bits per heavy atom. The van der Waals surface area contributed by atoms with Gasteiger partial charge in [0.1, 0.15) is 12.0 Å². The predicted molar refractivity (Wildman–Crippen MR) is 83.3 cm³/mol. The third kappa shape index (κ3) is 2.48. The van der Waals surface area contributed by atoms with Gasteiger partial charge in [-0.1, -0.05) is 36.4 Å². The van der Waals surface area contributed by atoms with Crippen LogP contribution < -0.4 is 4.90 Å². The van der Waals surface area contributed by atoms with Crippen LogP contribution in [0.15, 0.2) is 60.9 Å². The molecule has 0 bridgehead atoms. The number of rotatable bonds is 3. The molecule has 1 amide bonds. The predicted octanol–water partition coefficient (Wildman–Crippen LogP) is 3.30. The third-order valence-corrected chi connectivity index (χ3v) is 3.37. The maximum absolute atomic E-state index is 12.8. The number of aromatic nitrogens is 2. The zero-order valence-corrected chi connectivity index (χ0v) is 11.7. The number of nitrogens with zero attached hydrogens (tertiary/aromatic N) is 3. The van der Waals surface area contributed by atoms with Gasteiger partial charge in [-0.05, 0) is 25.1 Å². The highest BCUT2D eigenvalue weighted by Gasteiger charge is 2.19. The SMILES string of the molecule is CCN(C(=O)c1ncnc2ccccc12)c1ccccc1. The summed E-state index contributed by atoms with van der Waals surface area (Å²) >= 11 is 0. The molecule has 0 N–H and O–H groups in total. The second kappa shape index (κ2) is 5.71. The fraction of sp³-hybridized carbons (Fsp3) is 0.118. The van der Waals surface area contributed by atoms with Gasteiger partial charge in [-0.2, -0.15) is 0 Å². The first-order chi connectivity index (χ1) is 10.3. The van der Waals surface area contributed by atoms with E-state index in [0.717, 1.165) is 16.6 Å². The number of amides is 1. The van der Waals surface area contributed by atoms with E-state index < -0.39 is 0 Å². The first kappa shape index (κ1) is 13.2. The minimum absolute atomic E-state index is 0.109. The average molecular weight is 277 g/mol. The summed E-state index contributed by atoms with van der Waals surface area (Å²) in [4.78, 5) is 22.9. The van der Waals surface area contributed by atoms with Crippen LogP contribution in [-0.4, -0.2) is 22.4 Å². The smallest absolute Gasteiger partial charge is 0.277 e. The first-order valence-corrected chi connectivity index (χ1v) is 6.88.